The van der Waals surface area contributed by atoms with Gasteiger partial charge in [0.05, 0.1) is 11.3 Å². The third-order valence-electron chi connectivity index (χ3n) is 3.09. The number of nitriles is 1. The van der Waals surface area contributed by atoms with E-state index in [-0.39, 0.29) is 11.3 Å². The van der Waals surface area contributed by atoms with Gasteiger partial charge in [0.2, 0.25) is 0 Å². The van der Waals surface area contributed by atoms with E-state index in [0.717, 1.165) is 25.7 Å². The molecule has 0 unspecified atom stereocenters. The van der Waals surface area contributed by atoms with Crippen molar-refractivity contribution in [2.75, 3.05) is 18.0 Å². The van der Waals surface area contributed by atoms with Crippen LogP contribution >= 0.6 is 0 Å². The van der Waals surface area contributed by atoms with Gasteiger partial charge in [0.25, 0.3) is 0 Å². The number of unbranched alkanes of at least 4 members (excludes halogenated alkanes) is 2. The van der Waals surface area contributed by atoms with E-state index in [9.17, 15) is 8.78 Å². The predicted octanol–water partition coefficient (Wildman–Crippen LogP) is 4.24. The second-order valence-electron chi connectivity index (χ2n) is 4.57. The SMILES string of the molecule is CCCCN(CCCC)c1ccc(C#N)c(F)c1F. The molecule has 1 rings (SSSR count). The highest BCUT2D eigenvalue weighted by atomic mass is 19.2. The molecule has 0 atom stereocenters. The van der Waals surface area contributed by atoms with Crippen LogP contribution in [0.25, 0.3) is 0 Å². The van der Waals surface area contributed by atoms with E-state index in [1.54, 1.807) is 6.07 Å². The third kappa shape index (κ3) is 3.92. The summed E-state index contributed by atoms with van der Waals surface area (Å²) in [5, 5.41) is 8.68. The first-order valence-electron chi connectivity index (χ1n) is 6.78. The summed E-state index contributed by atoms with van der Waals surface area (Å²) in [6.45, 7) is 5.54. The van der Waals surface area contributed by atoms with Gasteiger partial charge >= 0.3 is 0 Å². The lowest BCUT2D eigenvalue weighted by atomic mass is 10.1. The minimum absolute atomic E-state index is 0.243. The van der Waals surface area contributed by atoms with E-state index in [2.05, 4.69) is 13.8 Å². The zero-order valence-electron chi connectivity index (χ0n) is 11.5. The molecule has 104 valence electrons. The molecule has 0 aliphatic rings. The zero-order valence-corrected chi connectivity index (χ0v) is 11.5. The van der Waals surface area contributed by atoms with Gasteiger partial charge in [0, 0.05) is 13.1 Å². The van der Waals surface area contributed by atoms with Gasteiger partial charge in [-0.25, -0.2) is 8.78 Å². The summed E-state index contributed by atoms with van der Waals surface area (Å²) < 4.78 is 27.6. The molecule has 1 aromatic rings. The molecule has 0 saturated heterocycles. The molecule has 1 aromatic carbocycles. The molecule has 0 amide bonds. The standard InChI is InChI=1S/C15H20F2N2/c1-3-5-9-19(10-6-4-2)13-8-7-12(11-18)14(16)15(13)17/h7-8H,3-6,9-10H2,1-2H3. The van der Waals surface area contributed by atoms with Crippen LogP contribution in [0.1, 0.15) is 45.1 Å². The fourth-order valence-corrected chi connectivity index (χ4v) is 1.92. The van der Waals surface area contributed by atoms with Crippen molar-refractivity contribution >= 4 is 5.69 Å². The van der Waals surface area contributed by atoms with Gasteiger partial charge in [-0.1, -0.05) is 26.7 Å². The van der Waals surface area contributed by atoms with E-state index < -0.39 is 11.6 Å². The largest absolute Gasteiger partial charge is 0.369 e. The molecule has 0 radical (unpaired) electrons. The van der Waals surface area contributed by atoms with Crippen LogP contribution in [-0.2, 0) is 0 Å². The van der Waals surface area contributed by atoms with Crippen LogP contribution in [0, 0.1) is 23.0 Å². The quantitative estimate of drug-likeness (QED) is 0.738. The maximum Gasteiger partial charge on any atom is 0.183 e. The lowest BCUT2D eigenvalue weighted by Gasteiger charge is -2.25. The summed E-state index contributed by atoms with van der Waals surface area (Å²) >= 11 is 0. The van der Waals surface area contributed by atoms with Crippen LogP contribution in [-0.4, -0.2) is 13.1 Å². The molecular weight excluding hydrogens is 246 g/mol. The molecule has 19 heavy (non-hydrogen) atoms. The van der Waals surface area contributed by atoms with Gasteiger partial charge in [-0.3, -0.25) is 0 Å². The number of hydrogen-bond acceptors (Lipinski definition) is 2. The molecule has 0 spiro atoms. The molecule has 0 saturated carbocycles. The molecule has 2 nitrogen and oxygen atoms in total. The van der Waals surface area contributed by atoms with Crippen molar-refractivity contribution in [2.24, 2.45) is 0 Å². The van der Waals surface area contributed by atoms with Crippen LogP contribution in [0.3, 0.4) is 0 Å². The van der Waals surface area contributed by atoms with Crippen molar-refractivity contribution in [3.05, 3.63) is 29.3 Å². The topological polar surface area (TPSA) is 27.0 Å². The van der Waals surface area contributed by atoms with Gasteiger partial charge < -0.3 is 4.90 Å². The van der Waals surface area contributed by atoms with E-state index in [0.29, 0.717) is 13.1 Å². The van der Waals surface area contributed by atoms with Gasteiger partial charge in [-0.2, -0.15) is 5.26 Å². The first-order chi connectivity index (χ1) is 9.15. The molecule has 0 N–H and O–H groups in total. The summed E-state index contributed by atoms with van der Waals surface area (Å²) in [6, 6.07) is 4.50. The number of hydrogen-bond donors (Lipinski definition) is 0. The summed E-state index contributed by atoms with van der Waals surface area (Å²) in [6.07, 6.45) is 3.88. The molecule has 0 bridgehead atoms. The summed E-state index contributed by atoms with van der Waals surface area (Å²) in [7, 11) is 0. The normalized spacial score (nSPS) is 10.3. The Morgan fingerprint density at radius 3 is 2.11 bits per heavy atom. The Bertz CT molecular complexity index is 444. The van der Waals surface area contributed by atoms with Crippen molar-refractivity contribution in [2.45, 2.75) is 39.5 Å². The van der Waals surface area contributed by atoms with E-state index in [4.69, 9.17) is 5.26 Å². The molecule has 0 heterocycles. The second kappa shape index (κ2) is 7.73. The monoisotopic (exact) mass is 266 g/mol. The number of rotatable bonds is 7. The molecule has 4 heteroatoms. The molecular formula is C15H20F2N2. The molecule has 0 aliphatic carbocycles. The van der Waals surface area contributed by atoms with Crippen LogP contribution in [0.15, 0.2) is 12.1 Å². The summed E-state index contributed by atoms with van der Waals surface area (Å²) in [5.74, 6) is -1.95. The molecule has 0 aliphatic heterocycles. The Balaban J connectivity index is 3.01. The number of halogens is 2. The lowest BCUT2D eigenvalue weighted by molar-refractivity contribution is 0.502. The molecule has 0 fully saturated rings. The Morgan fingerprint density at radius 1 is 1.05 bits per heavy atom. The average Bonchev–Trinajstić information content (AvgIpc) is 2.43. The van der Waals surface area contributed by atoms with Gasteiger partial charge in [-0.15, -0.1) is 0 Å². The Labute approximate surface area is 113 Å². The van der Waals surface area contributed by atoms with Gasteiger partial charge in [0.1, 0.15) is 6.07 Å². The van der Waals surface area contributed by atoms with Crippen molar-refractivity contribution in [1.82, 2.24) is 0 Å². The Morgan fingerprint density at radius 2 is 1.63 bits per heavy atom. The van der Waals surface area contributed by atoms with E-state index in [1.807, 2.05) is 4.90 Å². The zero-order chi connectivity index (χ0) is 14.3. The highest BCUT2D eigenvalue weighted by molar-refractivity contribution is 5.52. The third-order valence-corrected chi connectivity index (χ3v) is 3.09. The first kappa shape index (κ1) is 15.4. The predicted molar refractivity (Wildman–Crippen MR) is 73.1 cm³/mol. The highest BCUT2D eigenvalue weighted by Gasteiger charge is 2.17. The minimum atomic E-state index is -1.04. The average molecular weight is 266 g/mol. The van der Waals surface area contributed by atoms with Gasteiger partial charge in [0.15, 0.2) is 11.6 Å². The van der Waals surface area contributed by atoms with Crippen molar-refractivity contribution in [3.63, 3.8) is 0 Å². The Kier molecular flexibility index (Phi) is 6.27. The maximum atomic E-state index is 14.0. The van der Waals surface area contributed by atoms with Crippen molar-refractivity contribution in [3.8, 4) is 6.07 Å². The van der Waals surface area contributed by atoms with Crippen LogP contribution in [0.4, 0.5) is 14.5 Å². The van der Waals surface area contributed by atoms with E-state index in [1.165, 1.54) is 12.1 Å². The number of benzene rings is 1. The van der Waals surface area contributed by atoms with Crippen LogP contribution in [0.2, 0.25) is 0 Å². The Hall–Kier alpha value is -1.63. The lowest BCUT2D eigenvalue weighted by Crippen LogP contribution is -2.27. The van der Waals surface area contributed by atoms with Crippen LogP contribution < -0.4 is 4.90 Å². The van der Waals surface area contributed by atoms with Gasteiger partial charge in [-0.05, 0) is 25.0 Å². The maximum absolute atomic E-state index is 14.0. The highest BCUT2D eigenvalue weighted by Crippen LogP contribution is 2.24. The fourth-order valence-electron chi connectivity index (χ4n) is 1.92. The smallest absolute Gasteiger partial charge is 0.183 e. The number of nitrogens with zero attached hydrogens (tertiary/aromatic N) is 2. The van der Waals surface area contributed by atoms with E-state index >= 15 is 0 Å². The molecule has 0 aromatic heterocycles. The van der Waals surface area contributed by atoms with Crippen molar-refractivity contribution in [1.29, 1.82) is 5.26 Å². The first-order valence-corrected chi connectivity index (χ1v) is 6.78. The summed E-state index contributed by atoms with van der Waals surface area (Å²) in [4.78, 5) is 1.87. The summed E-state index contributed by atoms with van der Waals surface area (Å²) in [5.41, 5.74) is 0.0191. The van der Waals surface area contributed by atoms with Crippen molar-refractivity contribution < 1.29 is 8.78 Å². The number of anilines is 1. The van der Waals surface area contributed by atoms with Crippen LogP contribution in [0.5, 0.6) is 0 Å². The second-order valence-corrected chi connectivity index (χ2v) is 4.57. The fraction of sp³-hybridized carbons (Fsp3) is 0.533. The minimum Gasteiger partial charge on any atom is -0.369 e.